The zero-order valence-electron chi connectivity index (χ0n) is 34.0. The molecule has 0 saturated heterocycles. The molecule has 300 valence electrons. The Morgan fingerprint density at radius 2 is 0.755 bits per heavy atom. The van der Waals surface area contributed by atoms with Crippen molar-refractivity contribution >= 4 is 17.9 Å². The zero-order valence-corrected chi connectivity index (χ0v) is 34.0. The Hall–Kier alpha value is -3.41. The number of ether oxygens (including phenoxy) is 3. The molecule has 0 aromatic rings. The van der Waals surface area contributed by atoms with Gasteiger partial charge in [-0.3, -0.25) is 14.4 Å². The van der Waals surface area contributed by atoms with Crippen LogP contribution in [0.3, 0.4) is 0 Å². The van der Waals surface area contributed by atoms with E-state index in [1.807, 2.05) is 36.5 Å². The summed E-state index contributed by atoms with van der Waals surface area (Å²) in [5.74, 6) is -0.997. The molecule has 1 atom stereocenters. The van der Waals surface area contributed by atoms with E-state index in [2.05, 4.69) is 69.4 Å². The van der Waals surface area contributed by atoms with Crippen molar-refractivity contribution in [3.63, 3.8) is 0 Å². The fourth-order valence-corrected chi connectivity index (χ4v) is 5.23. The number of carbonyl (C=O) groups is 3. The molecule has 53 heavy (non-hydrogen) atoms. The van der Waals surface area contributed by atoms with Gasteiger partial charge in [-0.1, -0.05) is 164 Å². The molecular weight excluding hydrogens is 661 g/mol. The number of hydrogen-bond donors (Lipinski definition) is 0. The van der Waals surface area contributed by atoms with Gasteiger partial charge in [0.1, 0.15) is 13.2 Å². The van der Waals surface area contributed by atoms with Crippen molar-refractivity contribution in [3.8, 4) is 0 Å². The summed E-state index contributed by atoms with van der Waals surface area (Å²) in [5.41, 5.74) is 0. The molecule has 0 radical (unpaired) electrons. The molecule has 0 aliphatic heterocycles. The molecule has 6 heteroatoms. The number of unbranched alkanes of at least 4 members (excludes halogenated alkanes) is 15. The zero-order chi connectivity index (χ0) is 38.7. The first-order valence-electron chi connectivity index (χ1n) is 21.2. The van der Waals surface area contributed by atoms with Gasteiger partial charge >= 0.3 is 17.9 Å². The third-order valence-electron chi connectivity index (χ3n) is 8.48. The highest BCUT2D eigenvalue weighted by atomic mass is 16.6. The van der Waals surface area contributed by atoms with Crippen LogP contribution in [-0.4, -0.2) is 37.2 Å². The summed E-state index contributed by atoms with van der Waals surface area (Å²) in [7, 11) is 0. The van der Waals surface area contributed by atoms with Crippen LogP contribution in [0.5, 0.6) is 0 Å². The molecule has 0 N–H and O–H groups in total. The normalized spacial score (nSPS) is 12.9. The molecule has 0 aliphatic carbocycles. The van der Waals surface area contributed by atoms with Crippen LogP contribution in [-0.2, 0) is 28.6 Å². The standard InChI is InChI=1S/C47H76O6/c1-4-7-10-13-16-19-22-23-26-28-31-34-37-40-46(49)52-43-44(53-47(50)41-38-35-32-29-25-21-18-15-12-9-6-3)42-51-45(48)39-36-33-30-27-24-20-17-14-11-8-5-2/h7,10,13-19,21-23,25-26,44H,4-6,8-9,11-12,20,24,27-43H2,1-3H3/b10-7-,16-13-,17-14-,18-15-,22-19-,25-21-,26-23-. The fraction of sp³-hybridized carbons (Fsp3) is 0.638. The van der Waals surface area contributed by atoms with E-state index < -0.39 is 6.10 Å². The highest BCUT2D eigenvalue weighted by Crippen LogP contribution is 2.11. The molecule has 0 spiro atoms. The quantitative estimate of drug-likeness (QED) is 0.0209. The van der Waals surface area contributed by atoms with Crippen LogP contribution >= 0.6 is 0 Å². The second-order valence-electron chi connectivity index (χ2n) is 13.6. The van der Waals surface area contributed by atoms with Gasteiger partial charge in [-0.2, -0.15) is 0 Å². The second-order valence-corrected chi connectivity index (χ2v) is 13.6. The molecule has 0 aromatic heterocycles. The van der Waals surface area contributed by atoms with Crippen molar-refractivity contribution in [1.82, 2.24) is 0 Å². The number of esters is 3. The first-order chi connectivity index (χ1) is 26.0. The van der Waals surface area contributed by atoms with Crippen molar-refractivity contribution in [2.75, 3.05) is 13.2 Å². The summed E-state index contributed by atoms with van der Waals surface area (Å²) in [6, 6.07) is 0. The van der Waals surface area contributed by atoms with Gasteiger partial charge < -0.3 is 14.2 Å². The van der Waals surface area contributed by atoms with E-state index in [0.717, 1.165) is 96.3 Å². The van der Waals surface area contributed by atoms with Crippen molar-refractivity contribution in [1.29, 1.82) is 0 Å². The van der Waals surface area contributed by atoms with Crippen molar-refractivity contribution in [3.05, 3.63) is 85.1 Å². The van der Waals surface area contributed by atoms with Crippen LogP contribution in [0.2, 0.25) is 0 Å². The molecular formula is C47H76O6. The SMILES string of the molecule is CC\C=C/C=C\C=C/C=C\CCCCCC(=O)OCC(COC(=O)CCCCCCC/C=C\CCCC)OC(=O)CCCCC/C=C\C=C/CCCC. The fourth-order valence-electron chi connectivity index (χ4n) is 5.23. The molecule has 0 aliphatic rings. The van der Waals surface area contributed by atoms with Crippen LogP contribution in [0.1, 0.15) is 175 Å². The Morgan fingerprint density at radius 3 is 1.26 bits per heavy atom. The van der Waals surface area contributed by atoms with Gasteiger partial charge in [-0.25, -0.2) is 0 Å². The molecule has 1 unspecified atom stereocenters. The summed E-state index contributed by atoms with van der Waals surface area (Å²) < 4.78 is 16.6. The van der Waals surface area contributed by atoms with E-state index in [0.29, 0.717) is 12.8 Å². The highest BCUT2D eigenvalue weighted by molar-refractivity contribution is 5.71. The van der Waals surface area contributed by atoms with Crippen LogP contribution in [0.4, 0.5) is 0 Å². The summed E-state index contributed by atoms with van der Waals surface area (Å²) in [4.78, 5) is 37.6. The molecule has 0 fully saturated rings. The van der Waals surface area contributed by atoms with E-state index in [4.69, 9.17) is 14.2 Å². The molecule has 0 aromatic carbocycles. The minimum atomic E-state index is -0.807. The molecule has 0 amide bonds. The van der Waals surface area contributed by atoms with Crippen LogP contribution in [0.25, 0.3) is 0 Å². The Kier molecular flexibility index (Phi) is 38.7. The maximum atomic E-state index is 12.7. The van der Waals surface area contributed by atoms with Crippen molar-refractivity contribution in [2.45, 2.75) is 181 Å². The Balaban J connectivity index is 4.52. The predicted molar refractivity (Wildman–Crippen MR) is 224 cm³/mol. The second kappa shape index (κ2) is 41.3. The molecule has 0 bridgehead atoms. The smallest absolute Gasteiger partial charge is 0.306 e. The van der Waals surface area contributed by atoms with Crippen LogP contribution < -0.4 is 0 Å². The van der Waals surface area contributed by atoms with Gasteiger partial charge in [-0.05, 0) is 77.0 Å². The van der Waals surface area contributed by atoms with Crippen molar-refractivity contribution < 1.29 is 28.6 Å². The lowest BCUT2D eigenvalue weighted by Gasteiger charge is -2.18. The topological polar surface area (TPSA) is 78.9 Å². The molecule has 0 saturated carbocycles. The summed E-state index contributed by atoms with van der Waals surface area (Å²) >= 11 is 0. The van der Waals surface area contributed by atoms with Gasteiger partial charge in [0.05, 0.1) is 0 Å². The van der Waals surface area contributed by atoms with E-state index >= 15 is 0 Å². The maximum Gasteiger partial charge on any atom is 0.306 e. The monoisotopic (exact) mass is 737 g/mol. The number of carbonyl (C=O) groups excluding carboxylic acids is 3. The third-order valence-corrected chi connectivity index (χ3v) is 8.48. The largest absolute Gasteiger partial charge is 0.462 e. The molecule has 6 nitrogen and oxygen atoms in total. The van der Waals surface area contributed by atoms with Gasteiger partial charge in [0, 0.05) is 19.3 Å². The van der Waals surface area contributed by atoms with Crippen LogP contribution in [0.15, 0.2) is 85.1 Å². The Labute approximate surface area is 325 Å². The average Bonchev–Trinajstić information content (AvgIpc) is 3.15. The third kappa shape index (κ3) is 39.6. The molecule has 0 heterocycles. The van der Waals surface area contributed by atoms with Gasteiger partial charge in [-0.15, -0.1) is 0 Å². The predicted octanol–water partition coefficient (Wildman–Crippen LogP) is 13.3. The van der Waals surface area contributed by atoms with E-state index in [1.165, 1.54) is 38.5 Å². The van der Waals surface area contributed by atoms with E-state index in [-0.39, 0.29) is 37.5 Å². The Morgan fingerprint density at radius 1 is 0.396 bits per heavy atom. The highest BCUT2D eigenvalue weighted by Gasteiger charge is 2.19. The van der Waals surface area contributed by atoms with Crippen LogP contribution in [0, 0.1) is 0 Å². The van der Waals surface area contributed by atoms with Gasteiger partial charge in [0.25, 0.3) is 0 Å². The Bertz CT molecular complexity index is 1080. The number of hydrogen-bond acceptors (Lipinski definition) is 6. The van der Waals surface area contributed by atoms with Gasteiger partial charge in [0.2, 0.25) is 0 Å². The lowest BCUT2D eigenvalue weighted by Crippen LogP contribution is -2.30. The van der Waals surface area contributed by atoms with Crippen molar-refractivity contribution in [2.24, 2.45) is 0 Å². The average molecular weight is 737 g/mol. The molecule has 0 rings (SSSR count). The summed E-state index contributed by atoms with van der Waals surface area (Å²) in [6.07, 6.45) is 51.4. The first kappa shape index (κ1) is 49.6. The lowest BCUT2D eigenvalue weighted by atomic mass is 10.1. The minimum absolute atomic E-state index is 0.106. The van der Waals surface area contributed by atoms with E-state index in [1.54, 1.807) is 0 Å². The van der Waals surface area contributed by atoms with E-state index in [9.17, 15) is 14.4 Å². The maximum absolute atomic E-state index is 12.7. The lowest BCUT2D eigenvalue weighted by molar-refractivity contribution is -0.167. The number of rotatable bonds is 36. The summed E-state index contributed by atoms with van der Waals surface area (Å²) in [6.45, 7) is 6.30. The van der Waals surface area contributed by atoms with Gasteiger partial charge in [0.15, 0.2) is 6.10 Å². The summed E-state index contributed by atoms with van der Waals surface area (Å²) in [5, 5.41) is 0. The first-order valence-corrected chi connectivity index (χ1v) is 21.2. The number of allylic oxidation sites excluding steroid dienone is 14. The minimum Gasteiger partial charge on any atom is -0.462 e.